The van der Waals surface area contributed by atoms with E-state index in [9.17, 15) is 0 Å². The van der Waals surface area contributed by atoms with Gasteiger partial charge in [0.2, 0.25) is 0 Å². The highest BCUT2D eigenvalue weighted by atomic mass is 32.2. The van der Waals surface area contributed by atoms with E-state index in [1.165, 1.54) is 11.1 Å². The molecule has 0 aliphatic heterocycles. The van der Waals surface area contributed by atoms with Crippen LogP contribution in [0.4, 0.5) is 0 Å². The van der Waals surface area contributed by atoms with Crippen LogP contribution in [0.5, 0.6) is 0 Å². The number of amidine groups is 1. The predicted molar refractivity (Wildman–Crippen MR) is 93.8 cm³/mol. The fourth-order valence-corrected chi connectivity index (χ4v) is 2.70. The highest BCUT2D eigenvalue weighted by molar-refractivity contribution is 8.13. The van der Waals surface area contributed by atoms with Gasteiger partial charge in [-0.3, -0.25) is 4.99 Å². The molecular formula is C18H22N2S. The molecule has 21 heavy (non-hydrogen) atoms. The molecule has 2 atom stereocenters. The van der Waals surface area contributed by atoms with Gasteiger partial charge in [-0.2, -0.15) is 0 Å². The zero-order chi connectivity index (χ0) is 15.1. The van der Waals surface area contributed by atoms with E-state index in [-0.39, 0.29) is 12.1 Å². The van der Waals surface area contributed by atoms with E-state index in [0.29, 0.717) is 0 Å². The van der Waals surface area contributed by atoms with Gasteiger partial charge in [0.1, 0.15) is 0 Å². The summed E-state index contributed by atoms with van der Waals surface area (Å²) in [6.07, 6.45) is 2.06. The Balaban J connectivity index is 2.07. The van der Waals surface area contributed by atoms with Crippen LogP contribution in [-0.2, 0) is 0 Å². The number of hydrogen-bond acceptors (Lipinski definition) is 2. The standard InChI is InChI=1S/C18H22N2S/c1-14(16-10-6-4-7-11-16)19-18(21-3)20-15(2)17-12-8-5-9-13-17/h4-15H,1-3H3,(H,19,20)/t14-,15-/m0/s1. The van der Waals surface area contributed by atoms with Crippen molar-refractivity contribution in [2.24, 2.45) is 4.99 Å². The molecular weight excluding hydrogens is 276 g/mol. The molecule has 0 fully saturated rings. The lowest BCUT2D eigenvalue weighted by atomic mass is 10.1. The number of hydrogen-bond donors (Lipinski definition) is 1. The first kappa shape index (κ1) is 15.6. The summed E-state index contributed by atoms with van der Waals surface area (Å²) < 4.78 is 0. The van der Waals surface area contributed by atoms with Crippen LogP contribution in [0.2, 0.25) is 0 Å². The fraction of sp³-hybridized carbons (Fsp3) is 0.278. The predicted octanol–water partition coefficient (Wildman–Crippen LogP) is 4.82. The van der Waals surface area contributed by atoms with Gasteiger partial charge in [-0.15, -0.1) is 0 Å². The lowest BCUT2D eigenvalue weighted by Gasteiger charge is -2.17. The van der Waals surface area contributed by atoms with Crippen LogP contribution in [0.1, 0.15) is 37.1 Å². The van der Waals surface area contributed by atoms with E-state index in [0.717, 1.165) is 5.17 Å². The molecule has 0 aromatic heterocycles. The molecule has 1 N–H and O–H groups in total. The first-order chi connectivity index (χ1) is 10.2. The Morgan fingerprint density at radius 2 is 1.43 bits per heavy atom. The second kappa shape index (κ2) is 7.89. The second-order valence-electron chi connectivity index (χ2n) is 5.00. The van der Waals surface area contributed by atoms with Crippen LogP contribution < -0.4 is 5.32 Å². The Morgan fingerprint density at radius 3 is 1.95 bits per heavy atom. The normalized spacial score (nSPS) is 14.5. The number of thioether (sulfide) groups is 1. The summed E-state index contributed by atoms with van der Waals surface area (Å²) in [5.74, 6) is 0. The summed E-state index contributed by atoms with van der Waals surface area (Å²) in [6.45, 7) is 4.29. The van der Waals surface area contributed by atoms with Gasteiger partial charge >= 0.3 is 0 Å². The fourth-order valence-electron chi connectivity index (χ4n) is 2.14. The number of nitrogens with zero attached hydrogens (tertiary/aromatic N) is 1. The number of rotatable bonds is 4. The molecule has 110 valence electrons. The quantitative estimate of drug-likeness (QED) is 0.646. The Labute approximate surface area is 131 Å². The Kier molecular flexibility index (Phi) is 5.88. The maximum Gasteiger partial charge on any atom is 0.157 e. The maximum absolute atomic E-state index is 4.80. The lowest BCUT2D eigenvalue weighted by molar-refractivity contribution is 0.711. The molecule has 2 rings (SSSR count). The zero-order valence-corrected chi connectivity index (χ0v) is 13.6. The number of aliphatic imine (C=N–C) groups is 1. The van der Waals surface area contributed by atoms with Crippen molar-refractivity contribution >= 4 is 16.9 Å². The van der Waals surface area contributed by atoms with Crippen molar-refractivity contribution in [1.29, 1.82) is 0 Å². The van der Waals surface area contributed by atoms with E-state index in [1.54, 1.807) is 11.8 Å². The minimum Gasteiger partial charge on any atom is -0.358 e. The third-order valence-electron chi connectivity index (χ3n) is 3.43. The van der Waals surface area contributed by atoms with Crippen molar-refractivity contribution in [2.75, 3.05) is 6.26 Å². The molecule has 0 spiro atoms. The molecule has 0 aliphatic rings. The Morgan fingerprint density at radius 1 is 0.905 bits per heavy atom. The van der Waals surface area contributed by atoms with Gasteiger partial charge in [0.15, 0.2) is 5.17 Å². The highest BCUT2D eigenvalue weighted by Gasteiger charge is 2.09. The van der Waals surface area contributed by atoms with Crippen molar-refractivity contribution in [3.63, 3.8) is 0 Å². The van der Waals surface area contributed by atoms with Crippen molar-refractivity contribution in [1.82, 2.24) is 5.32 Å². The van der Waals surface area contributed by atoms with E-state index in [4.69, 9.17) is 4.99 Å². The number of nitrogens with one attached hydrogen (secondary N) is 1. The first-order valence-electron chi connectivity index (χ1n) is 7.19. The topological polar surface area (TPSA) is 24.4 Å². The summed E-state index contributed by atoms with van der Waals surface area (Å²) in [5, 5.41) is 4.47. The van der Waals surface area contributed by atoms with E-state index < -0.39 is 0 Å². The smallest absolute Gasteiger partial charge is 0.157 e. The first-order valence-corrected chi connectivity index (χ1v) is 8.41. The lowest BCUT2D eigenvalue weighted by Crippen LogP contribution is -2.24. The molecule has 0 saturated heterocycles. The summed E-state index contributed by atoms with van der Waals surface area (Å²) in [6, 6.07) is 21.2. The molecule has 0 heterocycles. The van der Waals surface area contributed by atoms with Gasteiger partial charge in [-0.25, -0.2) is 0 Å². The minimum atomic E-state index is 0.157. The molecule has 0 bridgehead atoms. The van der Waals surface area contributed by atoms with Crippen LogP contribution >= 0.6 is 11.8 Å². The Hall–Kier alpha value is -1.74. The maximum atomic E-state index is 4.80. The summed E-state index contributed by atoms with van der Waals surface area (Å²) in [4.78, 5) is 4.80. The van der Waals surface area contributed by atoms with Crippen LogP contribution in [0.15, 0.2) is 65.7 Å². The molecule has 0 unspecified atom stereocenters. The molecule has 0 radical (unpaired) electrons. The van der Waals surface area contributed by atoms with E-state index >= 15 is 0 Å². The molecule has 0 aliphatic carbocycles. The SMILES string of the molecule is CSC(=N[C@@H](C)c1ccccc1)N[C@@H](C)c1ccccc1. The molecule has 2 aromatic carbocycles. The molecule has 0 amide bonds. The van der Waals surface area contributed by atoms with Crippen molar-refractivity contribution in [3.05, 3.63) is 71.8 Å². The van der Waals surface area contributed by atoms with Crippen LogP contribution in [0.25, 0.3) is 0 Å². The van der Waals surface area contributed by atoms with Gasteiger partial charge in [-0.1, -0.05) is 72.4 Å². The minimum absolute atomic E-state index is 0.157. The molecule has 2 aromatic rings. The highest BCUT2D eigenvalue weighted by Crippen LogP contribution is 2.19. The average Bonchev–Trinajstić information content (AvgIpc) is 2.55. The summed E-state index contributed by atoms with van der Waals surface area (Å²) in [5.41, 5.74) is 2.50. The monoisotopic (exact) mass is 298 g/mol. The van der Waals surface area contributed by atoms with Gasteiger partial charge in [0.25, 0.3) is 0 Å². The molecule has 2 nitrogen and oxygen atoms in total. The largest absolute Gasteiger partial charge is 0.358 e. The summed E-state index contributed by atoms with van der Waals surface area (Å²) in [7, 11) is 0. The van der Waals surface area contributed by atoms with Crippen molar-refractivity contribution in [2.45, 2.75) is 25.9 Å². The van der Waals surface area contributed by atoms with Crippen molar-refractivity contribution in [3.8, 4) is 0 Å². The van der Waals surface area contributed by atoms with Gasteiger partial charge in [0, 0.05) is 0 Å². The summed E-state index contributed by atoms with van der Waals surface area (Å²) >= 11 is 1.65. The Bertz CT molecular complexity index is 566. The van der Waals surface area contributed by atoms with E-state index in [2.05, 4.69) is 74.0 Å². The van der Waals surface area contributed by atoms with Crippen LogP contribution in [0.3, 0.4) is 0 Å². The molecule has 0 saturated carbocycles. The van der Waals surface area contributed by atoms with E-state index in [1.807, 2.05) is 12.1 Å². The van der Waals surface area contributed by atoms with Gasteiger partial charge < -0.3 is 5.32 Å². The average molecular weight is 298 g/mol. The second-order valence-corrected chi connectivity index (χ2v) is 5.80. The van der Waals surface area contributed by atoms with Gasteiger partial charge in [-0.05, 0) is 31.2 Å². The van der Waals surface area contributed by atoms with Gasteiger partial charge in [0.05, 0.1) is 12.1 Å². The third-order valence-corrected chi connectivity index (χ3v) is 4.04. The van der Waals surface area contributed by atoms with Crippen LogP contribution in [0, 0.1) is 0 Å². The van der Waals surface area contributed by atoms with Crippen molar-refractivity contribution < 1.29 is 0 Å². The number of benzene rings is 2. The third kappa shape index (κ3) is 4.64. The van der Waals surface area contributed by atoms with Crippen LogP contribution in [-0.4, -0.2) is 11.4 Å². The molecule has 3 heteroatoms. The zero-order valence-electron chi connectivity index (χ0n) is 12.8.